The second-order valence-electron chi connectivity index (χ2n) is 8.23. The minimum absolute atomic E-state index is 0.0818. The van der Waals surface area contributed by atoms with Gasteiger partial charge >= 0.3 is 0 Å². The molecule has 2 N–H and O–H groups in total. The Labute approximate surface area is 136 Å². The van der Waals surface area contributed by atoms with Crippen LogP contribution in [0.3, 0.4) is 0 Å². The average molecular weight is 306 g/mol. The molecular weight excluding hydrogens is 272 g/mol. The van der Waals surface area contributed by atoms with Gasteiger partial charge in [-0.1, -0.05) is 43.6 Å². The highest BCUT2D eigenvalue weighted by Crippen LogP contribution is 2.60. The summed E-state index contributed by atoms with van der Waals surface area (Å²) < 4.78 is 0. The lowest BCUT2D eigenvalue weighted by atomic mass is 9.48. The van der Waals surface area contributed by atoms with Crippen LogP contribution in [0.25, 0.3) is 0 Å². The molecule has 2 aliphatic carbocycles. The molecule has 2 aliphatic rings. The molecule has 1 saturated carbocycles. The largest absolute Gasteiger partial charge is 0.396 e. The van der Waals surface area contributed by atoms with Gasteiger partial charge in [-0.05, 0) is 68.6 Å². The van der Waals surface area contributed by atoms with E-state index in [4.69, 9.17) is 5.11 Å². The van der Waals surface area contributed by atoms with E-state index in [1.54, 1.807) is 0 Å². The van der Waals surface area contributed by atoms with Crippen LogP contribution in [0.15, 0.2) is 23.3 Å². The fourth-order valence-electron chi connectivity index (χ4n) is 5.33. The van der Waals surface area contributed by atoms with Gasteiger partial charge in [0, 0.05) is 6.61 Å². The van der Waals surface area contributed by atoms with Crippen LogP contribution in [0, 0.1) is 22.7 Å². The molecule has 4 atom stereocenters. The van der Waals surface area contributed by atoms with E-state index in [0.29, 0.717) is 23.9 Å². The van der Waals surface area contributed by atoms with Gasteiger partial charge in [0.05, 0.1) is 6.61 Å². The van der Waals surface area contributed by atoms with Crippen molar-refractivity contribution in [2.75, 3.05) is 13.2 Å². The Morgan fingerprint density at radius 1 is 1.32 bits per heavy atom. The third-order valence-electron chi connectivity index (χ3n) is 6.75. The van der Waals surface area contributed by atoms with Gasteiger partial charge in [-0.15, -0.1) is 0 Å². The quantitative estimate of drug-likeness (QED) is 0.735. The van der Waals surface area contributed by atoms with Crippen molar-refractivity contribution >= 4 is 0 Å². The monoisotopic (exact) mass is 306 g/mol. The van der Waals surface area contributed by atoms with Gasteiger partial charge < -0.3 is 10.2 Å². The number of fused-ring (bicyclic) bond motifs is 1. The van der Waals surface area contributed by atoms with E-state index in [9.17, 15) is 5.11 Å². The lowest BCUT2D eigenvalue weighted by Crippen LogP contribution is -2.50. The molecular formula is C20H34O2. The number of aliphatic hydroxyl groups excluding tert-OH is 2. The molecule has 0 aliphatic heterocycles. The van der Waals surface area contributed by atoms with Crippen molar-refractivity contribution in [1.82, 2.24) is 0 Å². The molecule has 0 unspecified atom stereocenters. The van der Waals surface area contributed by atoms with Crippen molar-refractivity contribution in [3.05, 3.63) is 23.3 Å². The van der Waals surface area contributed by atoms with Crippen LogP contribution in [0.4, 0.5) is 0 Å². The van der Waals surface area contributed by atoms with Gasteiger partial charge in [-0.2, -0.15) is 0 Å². The van der Waals surface area contributed by atoms with Crippen molar-refractivity contribution in [3.8, 4) is 0 Å². The molecule has 0 bridgehead atoms. The number of hydrogen-bond acceptors (Lipinski definition) is 2. The number of aliphatic hydroxyl groups is 2. The minimum Gasteiger partial charge on any atom is -0.396 e. The van der Waals surface area contributed by atoms with Gasteiger partial charge in [0.1, 0.15) is 0 Å². The minimum atomic E-state index is 0.0818. The van der Waals surface area contributed by atoms with Gasteiger partial charge in [-0.3, -0.25) is 0 Å². The fraction of sp³-hybridized carbons (Fsp3) is 0.800. The van der Waals surface area contributed by atoms with E-state index >= 15 is 0 Å². The summed E-state index contributed by atoms with van der Waals surface area (Å²) in [5.41, 5.74) is 3.23. The molecule has 0 aromatic heterocycles. The first-order valence-electron chi connectivity index (χ1n) is 8.91. The third kappa shape index (κ3) is 3.19. The first kappa shape index (κ1) is 17.7. The summed E-state index contributed by atoms with van der Waals surface area (Å²) in [5.74, 6) is 1.20. The highest BCUT2D eigenvalue weighted by Gasteiger charge is 2.52. The van der Waals surface area contributed by atoms with E-state index in [1.165, 1.54) is 30.4 Å². The van der Waals surface area contributed by atoms with Crippen LogP contribution in [-0.4, -0.2) is 23.4 Å². The van der Waals surface area contributed by atoms with Crippen molar-refractivity contribution in [2.24, 2.45) is 22.7 Å². The molecule has 2 nitrogen and oxygen atoms in total. The van der Waals surface area contributed by atoms with E-state index < -0.39 is 0 Å². The Morgan fingerprint density at radius 2 is 2.05 bits per heavy atom. The van der Waals surface area contributed by atoms with Crippen molar-refractivity contribution in [3.63, 3.8) is 0 Å². The van der Waals surface area contributed by atoms with Gasteiger partial charge in [0.25, 0.3) is 0 Å². The second-order valence-corrected chi connectivity index (χ2v) is 8.23. The van der Waals surface area contributed by atoms with Crippen LogP contribution in [0.1, 0.15) is 66.2 Å². The SMILES string of the molecule is CC1=CC[C@H]2[C@@](C)(CO)CCC[C@]2(C)[C@H]1CC/C(C)=C/CO. The number of allylic oxidation sites excluding steroid dienone is 3. The summed E-state index contributed by atoms with van der Waals surface area (Å²) in [7, 11) is 0. The molecule has 126 valence electrons. The van der Waals surface area contributed by atoms with Crippen molar-refractivity contribution in [1.29, 1.82) is 0 Å². The Balaban J connectivity index is 2.23. The maximum Gasteiger partial charge on any atom is 0.0614 e. The standard InChI is InChI=1S/C20H34O2/c1-15(10-13-21)6-8-17-16(2)7-9-18-19(3,14-22)11-5-12-20(17,18)4/h7,10,17-18,21-22H,5-6,8-9,11-14H2,1-4H3/b15-10+/t17-,18-,19+,20+/m0/s1. The zero-order chi connectivity index (χ0) is 16.4. The first-order valence-corrected chi connectivity index (χ1v) is 8.91. The Morgan fingerprint density at radius 3 is 2.68 bits per heavy atom. The Bertz CT molecular complexity index is 451. The van der Waals surface area contributed by atoms with Crippen LogP contribution < -0.4 is 0 Å². The fourth-order valence-corrected chi connectivity index (χ4v) is 5.33. The van der Waals surface area contributed by atoms with E-state index in [1.807, 2.05) is 6.08 Å². The Kier molecular flexibility index (Phi) is 5.55. The lowest BCUT2D eigenvalue weighted by Gasteiger charge is -2.57. The van der Waals surface area contributed by atoms with Gasteiger partial charge in [0.2, 0.25) is 0 Å². The molecule has 0 heterocycles. The molecule has 1 fully saturated rings. The maximum atomic E-state index is 9.99. The van der Waals surface area contributed by atoms with Gasteiger partial charge in [-0.25, -0.2) is 0 Å². The number of hydrogen-bond donors (Lipinski definition) is 2. The normalized spacial score (nSPS) is 39.4. The average Bonchev–Trinajstić information content (AvgIpc) is 2.46. The summed E-state index contributed by atoms with van der Waals surface area (Å²) in [6, 6.07) is 0. The van der Waals surface area contributed by atoms with E-state index in [2.05, 4.69) is 33.8 Å². The van der Waals surface area contributed by atoms with E-state index in [-0.39, 0.29) is 12.0 Å². The molecule has 0 aromatic rings. The highest BCUT2D eigenvalue weighted by molar-refractivity contribution is 5.19. The number of rotatable bonds is 5. The molecule has 0 radical (unpaired) electrons. The predicted molar refractivity (Wildman–Crippen MR) is 92.6 cm³/mol. The summed E-state index contributed by atoms with van der Waals surface area (Å²) in [6.07, 6.45) is 11.4. The summed E-state index contributed by atoms with van der Waals surface area (Å²) >= 11 is 0. The molecule has 22 heavy (non-hydrogen) atoms. The third-order valence-corrected chi connectivity index (χ3v) is 6.75. The summed E-state index contributed by atoms with van der Waals surface area (Å²) in [4.78, 5) is 0. The zero-order valence-electron chi connectivity index (χ0n) is 14.9. The van der Waals surface area contributed by atoms with Crippen LogP contribution in [0.5, 0.6) is 0 Å². The molecule has 2 heteroatoms. The first-order chi connectivity index (χ1) is 10.4. The molecule has 0 amide bonds. The van der Waals surface area contributed by atoms with Crippen molar-refractivity contribution < 1.29 is 10.2 Å². The lowest BCUT2D eigenvalue weighted by molar-refractivity contribution is -0.0738. The molecule has 2 rings (SSSR count). The highest BCUT2D eigenvalue weighted by atomic mass is 16.3. The smallest absolute Gasteiger partial charge is 0.0614 e. The summed E-state index contributed by atoms with van der Waals surface area (Å²) in [5, 5.41) is 19.0. The van der Waals surface area contributed by atoms with Crippen LogP contribution in [0.2, 0.25) is 0 Å². The molecule has 0 spiro atoms. The second kappa shape index (κ2) is 6.88. The van der Waals surface area contributed by atoms with Crippen LogP contribution >= 0.6 is 0 Å². The Hall–Kier alpha value is -0.600. The zero-order valence-corrected chi connectivity index (χ0v) is 14.9. The molecule has 0 aromatic carbocycles. The van der Waals surface area contributed by atoms with Crippen LogP contribution in [-0.2, 0) is 0 Å². The maximum absolute atomic E-state index is 9.99. The van der Waals surface area contributed by atoms with E-state index in [0.717, 1.165) is 19.3 Å². The predicted octanol–water partition coefficient (Wildman–Crippen LogP) is 4.48. The van der Waals surface area contributed by atoms with Crippen molar-refractivity contribution in [2.45, 2.75) is 66.2 Å². The summed E-state index contributed by atoms with van der Waals surface area (Å²) in [6.45, 7) is 9.64. The topological polar surface area (TPSA) is 40.5 Å². The molecule has 0 saturated heterocycles. The van der Waals surface area contributed by atoms with Gasteiger partial charge in [0.15, 0.2) is 0 Å².